The Morgan fingerprint density at radius 2 is 2.12 bits per heavy atom. The minimum atomic E-state index is -1.19. The molecule has 1 heterocycles. The van der Waals surface area contributed by atoms with Crippen molar-refractivity contribution in [3.63, 3.8) is 0 Å². The molecular formula is C15H12FN3O5. The molecule has 0 aliphatic rings. The molecule has 1 aromatic carbocycles. The largest absolute Gasteiger partial charge is 0.502 e. The fraction of sp³-hybridized carbons (Fsp3) is 0.0667. The molecule has 0 bridgehead atoms. The van der Waals surface area contributed by atoms with Gasteiger partial charge in [0, 0.05) is 19.3 Å². The molecule has 0 spiro atoms. The minimum absolute atomic E-state index is 0.304. The molecule has 124 valence electrons. The van der Waals surface area contributed by atoms with Crippen LogP contribution in [0.5, 0.6) is 5.75 Å². The first-order valence-corrected chi connectivity index (χ1v) is 6.56. The van der Waals surface area contributed by atoms with Gasteiger partial charge >= 0.3 is 5.69 Å². The number of allylic oxidation sites excluding steroid dienone is 1. The fourth-order valence-corrected chi connectivity index (χ4v) is 1.94. The zero-order valence-corrected chi connectivity index (χ0v) is 12.4. The third kappa shape index (κ3) is 3.14. The number of nitrogens with two attached hydrogens (primary N) is 1. The van der Waals surface area contributed by atoms with Crippen LogP contribution in [0.3, 0.4) is 0 Å². The average molecular weight is 333 g/mol. The number of anilines is 1. The van der Waals surface area contributed by atoms with E-state index in [1.54, 1.807) is 13.1 Å². The second-order valence-corrected chi connectivity index (χ2v) is 4.88. The van der Waals surface area contributed by atoms with Crippen LogP contribution in [-0.4, -0.2) is 20.4 Å². The molecule has 0 fully saturated rings. The van der Waals surface area contributed by atoms with Crippen molar-refractivity contribution in [3.8, 4) is 5.75 Å². The number of hydrogen-bond acceptors (Lipinski definition) is 6. The Morgan fingerprint density at radius 1 is 1.46 bits per heavy atom. The van der Waals surface area contributed by atoms with E-state index in [2.05, 4.69) is 0 Å². The van der Waals surface area contributed by atoms with Crippen molar-refractivity contribution in [1.29, 1.82) is 0 Å². The molecule has 0 aliphatic carbocycles. The van der Waals surface area contributed by atoms with E-state index in [1.807, 2.05) is 0 Å². The van der Waals surface area contributed by atoms with Gasteiger partial charge in [-0.2, -0.15) is 0 Å². The monoisotopic (exact) mass is 333 g/mol. The van der Waals surface area contributed by atoms with Gasteiger partial charge in [-0.15, -0.1) is 0 Å². The first kappa shape index (κ1) is 16.9. The van der Waals surface area contributed by atoms with Crippen molar-refractivity contribution >= 4 is 23.2 Å². The maximum absolute atomic E-state index is 13.6. The highest BCUT2D eigenvalue weighted by molar-refractivity contribution is 6.09. The molecule has 0 aliphatic heterocycles. The van der Waals surface area contributed by atoms with Crippen molar-refractivity contribution in [2.24, 2.45) is 7.05 Å². The van der Waals surface area contributed by atoms with E-state index in [4.69, 9.17) is 5.73 Å². The summed E-state index contributed by atoms with van der Waals surface area (Å²) in [5, 5.41) is 20.7. The van der Waals surface area contributed by atoms with E-state index in [0.29, 0.717) is 11.6 Å². The number of aromatic nitrogens is 1. The number of nitro groups is 1. The topological polar surface area (TPSA) is 128 Å². The van der Waals surface area contributed by atoms with Crippen LogP contribution in [0.25, 0.3) is 6.08 Å². The number of nitro benzene ring substituents is 1. The van der Waals surface area contributed by atoms with Crippen molar-refractivity contribution in [3.05, 3.63) is 67.9 Å². The number of rotatable bonds is 4. The average Bonchev–Trinajstić information content (AvgIpc) is 2.51. The predicted molar refractivity (Wildman–Crippen MR) is 84.2 cm³/mol. The molecule has 24 heavy (non-hydrogen) atoms. The predicted octanol–water partition coefficient (Wildman–Crippen LogP) is 1.62. The minimum Gasteiger partial charge on any atom is -0.502 e. The molecule has 0 amide bonds. The summed E-state index contributed by atoms with van der Waals surface area (Å²) in [5.74, 6) is -3.09. The van der Waals surface area contributed by atoms with Gasteiger partial charge in [-0.3, -0.25) is 19.7 Å². The summed E-state index contributed by atoms with van der Waals surface area (Å²) in [5.41, 5.74) is 2.77. The number of halogens is 1. The number of aryl methyl sites for hydroxylation is 1. The van der Waals surface area contributed by atoms with Gasteiger partial charge in [0.15, 0.2) is 17.3 Å². The highest BCUT2D eigenvalue weighted by Gasteiger charge is 2.27. The number of pyridine rings is 1. The van der Waals surface area contributed by atoms with Gasteiger partial charge in [0.05, 0.1) is 10.5 Å². The number of phenols is 1. The molecule has 2 rings (SSSR count). The highest BCUT2D eigenvalue weighted by Crippen LogP contribution is 2.37. The summed E-state index contributed by atoms with van der Waals surface area (Å²) < 4.78 is 15.0. The lowest BCUT2D eigenvalue weighted by Crippen LogP contribution is -2.14. The van der Waals surface area contributed by atoms with Crippen LogP contribution in [0.2, 0.25) is 0 Å². The van der Waals surface area contributed by atoms with E-state index < -0.39 is 39.2 Å². The van der Waals surface area contributed by atoms with E-state index in [-0.39, 0.29) is 5.56 Å². The summed E-state index contributed by atoms with van der Waals surface area (Å²) in [7, 11) is 1.55. The second kappa shape index (κ2) is 6.32. The van der Waals surface area contributed by atoms with Crippen LogP contribution >= 0.6 is 0 Å². The first-order chi connectivity index (χ1) is 11.2. The lowest BCUT2D eigenvalue weighted by molar-refractivity contribution is -0.385. The summed E-state index contributed by atoms with van der Waals surface area (Å²) in [4.78, 5) is 33.3. The van der Waals surface area contributed by atoms with Crippen molar-refractivity contribution in [1.82, 2.24) is 4.57 Å². The smallest absolute Gasteiger partial charge is 0.337 e. The zero-order valence-electron chi connectivity index (χ0n) is 12.4. The Bertz CT molecular complexity index is 933. The number of carbonyl (C=O) groups excluding carboxylic acids is 1. The van der Waals surface area contributed by atoms with Crippen LogP contribution in [0.4, 0.5) is 15.8 Å². The maximum Gasteiger partial charge on any atom is 0.337 e. The molecule has 9 heteroatoms. The van der Waals surface area contributed by atoms with Gasteiger partial charge in [0.25, 0.3) is 5.56 Å². The Labute approximate surface area is 134 Å². The molecule has 0 radical (unpaired) electrons. The van der Waals surface area contributed by atoms with Gasteiger partial charge in [-0.1, -0.05) is 6.08 Å². The number of aromatic hydroxyl groups is 1. The van der Waals surface area contributed by atoms with Crippen LogP contribution in [0.1, 0.15) is 15.9 Å². The Hall–Kier alpha value is -3.49. The third-order valence-corrected chi connectivity index (χ3v) is 3.27. The molecule has 1 aromatic heterocycles. The lowest BCUT2D eigenvalue weighted by Gasteiger charge is -2.05. The number of hydrogen-bond donors (Lipinski definition) is 2. The number of carbonyl (C=O) groups is 1. The number of phenolic OH excluding ortho intramolecular Hbond substituents is 1. The summed E-state index contributed by atoms with van der Waals surface area (Å²) >= 11 is 0. The van der Waals surface area contributed by atoms with E-state index in [0.717, 1.165) is 6.08 Å². The molecular weight excluding hydrogens is 321 g/mol. The van der Waals surface area contributed by atoms with E-state index >= 15 is 0 Å². The van der Waals surface area contributed by atoms with Gasteiger partial charge in [-0.05, 0) is 23.8 Å². The van der Waals surface area contributed by atoms with Crippen molar-refractivity contribution in [2.45, 2.75) is 0 Å². The maximum atomic E-state index is 13.6. The van der Waals surface area contributed by atoms with Gasteiger partial charge in [-0.25, -0.2) is 4.39 Å². The SMILES string of the molecule is Cn1ccc(C=CC(=O)c2cc(F)c(N)c([N+](=O)[O-])c2O)cc1=O. The van der Waals surface area contributed by atoms with E-state index in [9.17, 15) is 29.2 Å². The summed E-state index contributed by atoms with van der Waals surface area (Å²) in [6.45, 7) is 0. The van der Waals surface area contributed by atoms with E-state index in [1.165, 1.54) is 22.9 Å². The molecule has 0 atom stereocenters. The lowest BCUT2D eigenvalue weighted by atomic mass is 10.1. The normalized spacial score (nSPS) is 10.9. The number of benzene rings is 1. The van der Waals surface area contributed by atoms with Gasteiger partial charge in [0.2, 0.25) is 5.75 Å². The Balaban J connectivity index is 2.43. The first-order valence-electron chi connectivity index (χ1n) is 6.56. The second-order valence-electron chi connectivity index (χ2n) is 4.88. The van der Waals surface area contributed by atoms with Crippen LogP contribution in [-0.2, 0) is 7.05 Å². The molecule has 3 N–H and O–H groups in total. The van der Waals surface area contributed by atoms with Crippen molar-refractivity contribution in [2.75, 3.05) is 5.73 Å². The molecule has 0 saturated heterocycles. The van der Waals surface area contributed by atoms with Gasteiger partial charge in [0.1, 0.15) is 0 Å². The Morgan fingerprint density at radius 3 is 2.71 bits per heavy atom. The fourth-order valence-electron chi connectivity index (χ4n) is 1.94. The van der Waals surface area contributed by atoms with Crippen LogP contribution in [0.15, 0.2) is 35.3 Å². The number of nitrogen functional groups attached to an aromatic ring is 1. The van der Waals surface area contributed by atoms with Gasteiger partial charge < -0.3 is 15.4 Å². The molecule has 0 unspecified atom stereocenters. The number of ketones is 1. The molecule has 0 saturated carbocycles. The number of nitrogens with zero attached hydrogens (tertiary/aromatic N) is 2. The zero-order chi connectivity index (χ0) is 18.0. The highest BCUT2D eigenvalue weighted by atomic mass is 19.1. The van der Waals surface area contributed by atoms with Crippen LogP contribution in [0, 0.1) is 15.9 Å². The Kier molecular flexibility index (Phi) is 4.45. The molecule has 2 aromatic rings. The quantitative estimate of drug-likeness (QED) is 0.287. The van der Waals surface area contributed by atoms with Crippen molar-refractivity contribution < 1.29 is 19.2 Å². The third-order valence-electron chi connectivity index (χ3n) is 3.27. The summed E-state index contributed by atoms with van der Waals surface area (Å²) in [6, 6.07) is 3.43. The standard InChI is InChI=1S/C15H12FN3O5/c1-18-5-4-8(6-12(18)21)2-3-11(20)9-7-10(16)13(17)14(15(9)22)19(23)24/h2-7,22H,17H2,1H3. The molecule has 8 nitrogen and oxygen atoms in total. The summed E-state index contributed by atoms with van der Waals surface area (Å²) in [6.07, 6.45) is 3.71. The van der Waals surface area contributed by atoms with Crippen LogP contribution < -0.4 is 11.3 Å².